The van der Waals surface area contributed by atoms with E-state index in [9.17, 15) is 13.2 Å². The quantitative estimate of drug-likeness (QED) is 0.587. The van der Waals surface area contributed by atoms with E-state index in [-0.39, 0.29) is 16.6 Å². The second kappa shape index (κ2) is 7.68. The van der Waals surface area contributed by atoms with Crippen molar-refractivity contribution in [3.05, 3.63) is 29.8 Å². The molecule has 0 saturated heterocycles. The molecule has 1 rings (SSSR count). The van der Waals surface area contributed by atoms with Crippen LogP contribution in [0, 0.1) is 5.92 Å². The zero-order valence-corrected chi connectivity index (χ0v) is 13.9. The Balaban J connectivity index is 2.69. The molecule has 1 N–H and O–H groups in total. The van der Waals surface area contributed by atoms with Crippen molar-refractivity contribution in [3.8, 4) is 0 Å². The molecule has 0 atom stereocenters. The predicted molar refractivity (Wildman–Crippen MR) is 84.0 cm³/mol. The summed E-state index contributed by atoms with van der Waals surface area (Å²) >= 11 is 0. The molecule has 0 radical (unpaired) electrons. The molecule has 0 fully saturated rings. The topological polar surface area (TPSA) is 66.5 Å². The van der Waals surface area contributed by atoms with Crippen LogP contribution in [-0.4, -0.2) is 46.3 Å². The van der Waals surface area contributed by atoms with Crippen molar-refractivity contribution in [2.24, 2.45) is 5.92 Å². The number of ketones is 1. The van der Waals surface area contributed by atoms with Gasteiger partial charge in [0.05, 0.1) is 4.90 Å². The fourth-order valence-electron chi connectivity index (χ4n) is 1.82. The Hall–Kier alpha value is -1.24. The van der Waals surface area contributed by atoms with Gasteiger partial charge in [0, 0.05) is 18.0 Å². The van der Waals surface area contributed by atoms with Gasteiger partial charge in [-0.1, -0.05) is 26.0 Å². The van der Waals surface area contributed by atoms with Crippen LogP contribution >= 0.6 is 0 Å². The summed E-state index contributed by atoms with van der Waals surface area (Å²) in [5, 5.41) is 0. The van der Waals surface area contributed by atoms with Crippen LogP contribution in [0.5, 0.6) is 0 Å². The zero-order valence-electron chi connectivity index (χ0n) is 13.1. The first kappa shape index (κ1) is 17.8. The molecule has 0 aromatic heterocycles. The lowest BCUT2D eigenvalue weighted by Gasteiger charge is -2.11. The molecule has 5 nitrogen and oxygen atoms in total. The molecule has 1 aromatic rings. The minimum absolute atomic E-state index is 0.0119. The molecule has 0 aliphatic rings. The van der Waals surface area contributed by atoms with Crippen LogP contribution in [0.25, 0.3) is 0 Å². The first-order valence-electron chi connectivity index (χ1n) is 7.02. The number of benzene rings is 1. The summed E-state index contributed by atoms with van der Waals surface area (Å²) in [4.78, 5) is 14.0. The molecular weight excluding hydrogens is 288 g/mol. The number of nitrogens with zero attached hydrogens (tertiary/aromatic N) is 1. The highest BCUT2D eigenvalue weighted by Gasteiger charge is 2.15. The van der Waals surface area contributed by atoms with E-state index in [1.165, 1.54) is 12.1 Å². The van der Waals surface area contributed by atoms with Crippen molar-refractivity contribution in [2.45, 2.75) is 25.2 Å². The Morgan fingerprint density at radius 2 is 1.76 bits per heavy atom. The third kappa shape index (κ3) is 5.57. The highest BCUT2D eigenvalue weighted by atomic mass is 32.2. The maximum Gasteiger partial charge on any atom is 0.240 e. The maximum absolute atomic E-state index is 12.1. The Kier molecular flexibility index (Phi) is 6.51. The fraction of sp³-hybridized carbons (Fsp3) is 0.533. The largest absolute Gasteiger partial charge is 0.309 e. The van der Waals surface area contributed by atoms with Crippen molar-refractivity contribution < 1.29 is 13.2 Å². The molecule has 0 bridgehead atoms. The van der Waals surface area contributed by atoms with Crippen molar-refractivity contribution in [1.29, 1.82) is 0 Å². The van der Waals surface area contributed by atoms with E-state index in [0.717, 1.165) is 13.0 Å². The number of sulfonamides is 1. The number of nitrogens with one attached hydrogen (secondary N) is 1. The molecular formula is C15H24N2O3S. The van der Waals surface area contributed by atoms with Crippen LogP contribution in [0.1, 0.15) is 30.6 Å². The highest BCUT2D eigenvalue weighted by Crippen LogP contribution is 2.13. The van der Waals surface area contributed by atoms with Crippen molar-refractivity contribution in [1.82, 2.24) is 9.62 Å². The zero-order chi connectivity index (χ0) is 16.0. The molecule has 6 heteroatoms. The monoisotopic (exact) mass is 312 g/mol. The molecule has 1 aromatic carbocycles. The van der Waals surface area contributed by atoms with Crippen LogP contribution in [0.4, 0.5) is 0 Å². The molecule has 0 saturated carbocycles. The van der Waals surface area contributed by atoms with Crippen LogP contribution in [0.3, 0.4) is 0 Å². The first-order valence-corrected chi connectivity index (χ1v) is 8.51. The maximum atomic E-state index is 12.1. The Morgan fingerprint density at radius 1 is 1.19 bits per heavy atom. The number of hydrogen-bond acceptors (Lipinski definition) is 4. The van der Waals surface area contributed by atoms with E-state index in [0.29, 0.717) is 12.1 Å². The minimum atomic E-state index is -3.50. The predicted octanol–water partition coefficient (Wildman–Crippen LogP) is 1.76. The van der Waals surface area contributed by atoms with E-state index >= 15 is 0 Å². The van der Waals surface area contributed by atoms with Gasteiger partial charge in [-0.05, 0) is 39.2 Å². The van der Waals surface area contributed by atoms with E-state index in [4.69, 9.17) is 0 Å². The van der Waals surface area contributed by atoms with E-state index < -0.39 is 10.0 Å². The van der Waals surface area contributed by atoms with Gasteiger partial charge in [0.1, 0.15) is 0 Å². The Labute approximate surface area is 127 Å². The second-order valence-electron chi connectivity index (χ2n) is 5.60. The van der Waals surface area contributed by atoms with E-state index in [1.807, 2.05) is 32.8 Å². The van der Waals surface area contributed by atoms with Crippen molar-refractivity contribution >= 4 is 15.8 Å². The number of rotatable bonds is 8. The standard InChI is InChI=1S/C15H24N2O3S/c1-12(2)15(18)13-6-8-14(9-7-13)21(19,20)16-10-5-11-17(3)4/h6-9,12,16H,5,10-11H2,1-4H3. The average molecular weight is 312 g/mol. The first-order chi connectivity index (χ1) is 9.74. The van der Waals surface area contributed by atoms with Gasteiger partial charge < -0.3 is 4.90 Å². The normalized spacial score (nSPS) is 12.1. The minimum Gasteiger partial charge on any atom is -0.309 e. The lowest BCUT2D eigenvalue weighted by Crippen LogP contribution is -2.27. The third-order valence-electron chi connectivity index (χ3n) is 3.05. The lowest BCUT2D eigenvalue weighted by atomic mass is 10.0. The van der Waals surface area contributed by atoms with E-state index in [1.54, 1.807) is 12.1 Å². The molecule has 0 aliphatic carbocycles. The summed E-state index contributed by atoms with van der Waals surface area (Å²) in [6.07, 6.45) is 0.746. The van der Waals surface area contributed by atoms with Gasteiger partial charge in [0.25, 0.3) is 0 Å². The fourth-order valence-corrected chi connectivity index (χ4v) is 2.89. The smallest absolute Gasteiger partial charge is 0.240 e. The molecule has 0 aliphatic heterocycles. The van der Waals surface area contributed by atoms with Gasteiger partial charge in [0.2, 0.25) is 10.0 Å². The second-order valence-corrected chi connectivity index (χ2v) is 7.36. The Bertz CT molecular complexity index is 563. The molecule has 0 amide bonds. The van der Waals surface area contributed by atoms with Gasteiger partial charge in [0.15, 0.2) is 5.78 Å². The molecule has 21 heavy (non-hydrogen) atoms. The summed E-state index contributed by atoms with van der Waals surface area (Å²) in [7, 11) is 0.386. The molecule has 0 spiro atoms. The van der Waals surface area contributed by atoms with Crippen molar-refractivity contribution in [3.63, 3.8) is 0 Å². The summed E-state index contributed by atoms with van der Waals surface area (Å²) in [5.74, 6) is -0.0884. The summed E-state index contributed by atoms with van der Waals surface area (Å²) < 4.78 is 26.7. The molecule has 0 unspecified atom stereocenters. The number of hydrogen-bond donors (Lipinski definition) is 1. The molecule has 118 valence electrons. The number of carbonyl (C=O) groups excluding carboxylic acids is 1. The van der Waals surface area contributed by atoms with Crippen LogP contribution < -0.4 is 4.72 Å². The number of carbonyl (C=O) groups is 1. The van der Waals surface area contributed by atoms with Gasteiger partial charge >= 0.3 is 0 Å². The number of Topliss-reactive ketones (excluding diaryl/α,β-unsaturated/α-hetero) is 1. The summed E-state index contributed by atoms with van der Waals surface area (Å²) in [6.45, 7) is 4.86. The average Bonchev–Trinajstić information content (AvgIpc) is 2.42. The summed E-state index contributed by atoms with van der Waals surface area (Å²) in [6, 6.07) is 6.08. The molecule has 0 heterocycles. The van der Waals surface area contributed by atoms with Crippen LogP contribution in [-0.2, 0) is 10.0 Å². The Morgan fingerprint density at radius 3 is 2.24 bits per heavy atom. The van der Waals surface area contributed by atoms with Crippen molar-refractivity contribution in [2.75, 3.05) is 27.2 Å². The van der Waals surface area contributed by atoms with Crippen LogP contribution in [0.2, 0.25) is 0 Å². The summed E-state index contributed by atoms with van der Waals surface area (Å²) in [5.41, 5.74) is 0.538. The third-order valence-corrected chi connectivity index (χ3v) is 4.52. The van der Waals surface area contributed by atoms with Gasteiger partial charge in [-0.25, -0.2) is 13.1 Å². The van der Waals surface area contributed by atoms with Gasteiger partial charge in [-0.2, -0.15) is 0 Å². The van der Waals surface area contributed by atoms with Gasteiger partial charge in [-0.15, -0.1) is 0 Å². The van der Waals surface area contributed by atoms with Gasteiger partial charge in [-0.3, -0.25) is 4.79 Å². The lowest BCUT2D eigenvalue weighted by molar-refractivity contribution is 0.0939. The highest BCUT2D eigenvalue weighted by molar-refractivity contribution is 7.89. The van der Waals surface area contributed by atoms with E-state index in [2.05, 4.69) is 4.72 Å². The van der Waals surface area contributed by atoms with Crippen LogP contribution in [0.15, 0.2) is 29.2 Å². The SMILES string of the molecule is CC(C)C(=O)c1ccc(S(=O)(=O)NCCCN(C)C)cc1.